The quantitative estimate of drug-likeness (QED) is 0.565. The van der Waals surface area contributed by atoms with Gasteiger partial charge in [-0.25, -0.2) is 0 Å². The van der Waals surface area contributed by atoms with Crippen LogP contribution in [0.25, 0.3) is 0 Å². The average molecular weight is 196 g/mol. The van der Waals surface area contributed by atoms with E-state index in [0.717, 1.165) is 12.8 Å². The van der Waals surface area contributed by atoms with E-state index in [2.05, 4.69) is 20.4 Å². The minimum atomic E-state index is 0.229. The molecular weight excluding hydrogens is 172 g/mol. The number of Topliss-reactive ketones (excluding diaryl/α,β-unsaturated/α-hetero) is 1. The number of carbonyl (C=O) groups excluding carboxylic acids is 1. The molecule has 0 N–H and O–H groups in total. The highest BCUT2D eigenvalue weighted by molar-refractivity contribution is 5.80. The maximum atomic E-state index is 11.4. The fourth-order valence-electron chi connectivity index (χ4n) is 1.91. The molecule has 14 heavy (non-hydrogen) atoms. The van der Waals surface area contributed by atoms with E-state index in [0.29, 0.717) is 24.0 Å². The monoisotopic (exact) mass is 196 g/mol. The lowest BCUT2D eigenvalue weighted by molar-refractivity contribution is -0.122. The van der Waals surface area contributed by atoms with E-state index in [9.17, 15) is 4.79 Å². The fourth-order valence-corrected chi connectivity index (χ4v) is 1.91. The SMILES string of the molecule is C=C[C@@H](C)C[C@H](C)C[C@@H](C)C(=O)CC. The lowest BCUT2D eigenvalue weighted by Gasteiger charge is -2.17. The van der Waals surface area contributed by atoms with Gasteiger partial charge in [0.05, 0.1) is 0 Å². The van der Waals surface area contributed by atoms with Crippen molar-refractivity contribution < 1.29 is 4.79 Å². The largest absolute Gasteiger partial charge is 0.299 e. The molecule has 0 saturated heterocycles. The Morgan fingerprint density at radius 1 is 1.29 bits per heavy atom. The minimum absolute atomic E-state index is 0.229. The Morgan fingerprint density at radius 3 is 2.29 bits per heavy atom. The number of rotatable bonds is 7. The highest BCUT2D eigenvalue weighted by Gasteiger charge is 2.15. The molecule has 0 amide bonds. The second kappa shape index (κ2) is 6.80. The van der Waals surface area contributed by atoms with Crippen molar-refractivity contribution in [1.29, 1.82) is 0 Å². The molecule has 1 nitrogen and oxygen atoms in total. The molecule has 0 aliphatic heterocycles. The van der Waals surface area contributed by atoms with Crippen LogP contribution >= 0.6 is 0 Å². The molecular formula is C13H24O. The molecule has 0 spiro atoms. The lowest BCUT2D eigenvalue weighted by Crippen LogP contribution is -2.14. The Kier molecular flexibility index (Phi) is 6.52. The molecule has 0 bridgehead atoms. The zero-order valence-electron chi connectivity index (χ0n) is 10.0. The summed E-state index contributed by atoms with van der Waals surface area (Å²) in [6.07, 6.45) is 4.82. The summed E-state index contributed by atoms with van der Waals surface area (Å²) in [6.45, 7) is 12.2. The van der Waals surface area contributed by atoms with Crippen LogP contribution in [-0.2, 0) is 4.79 Å². The molecule has 0 heterocycles. The van der Waals surface area contributed by atoms with Gasteiger partial charge in [0, 0.05) is 12.3 Å². The Bertz CT molecular complexity index is 184. The standard InChI is InChI=1S/C13H24O/c1-6-10(3)8-11(4)9-12(5)13(14)7-2/h6,10-12H,1,7-9H2,2-5H3/t10-,11+,12-/m1/s1. The van der Waals surface area contributed by atoms with E-state index in [-0.39, 0.29) is 5.92 Å². The van der Waals surface area contributed by atoms with Crippen LogP contribution in [0.4, 0.5) is 0 Å². The van der Waals surface area contributed by atoms with Crippen LogP contribution < -0.4 is 0 Å². The van der Waals surface area contributed by atoms with Gasteiger partial charge in [0.15, 0.2) is 0 Å². The first kappa shape index (κ1) is 13.4. The third-order valence-corrected chi connectivity index (χ3v) is 2.83. The molecule has 0 rings (SSSR count). The molecule has 3 atom stereocenters. The molecule has 0 radical (unpaired) electrons. The highest BCUT2D eigenvalue weighted by Crippen LogP contribution is 2.21. The topological polar surface area (TPSA) is 17.1 Å². The van der Waals surface area contributed by atoms with E-state index < -0.39 is 0 Å². The zero-order chi connectivity index (χ0) is 11.1. The van der Waals surface area contributed by atoms with Crippen molar-refractivity contribution in [2.24, 2.45) is 17.8 Å². The predicted molar refractivity (Wildman–Crippen MR) is 62.2 cm³/mol. The molecule has 0 fully saturated rings. The van der Waals surface area contributed by atoms with Crippen LogP contribution in [0.2, 0.25) is 0 Å². The molecule has 0 aromatic heterocycles. The number of allylic oxidation sites excluding steroid dienone is 1. The molecule has 0 aliphatic rings. The molecule has 0 unspecified atom stereocenters. The first-order chi connectivity index (χ1) is 6.51. The second-order valence-corrected chi connectivity index (χ2v) is 4.51. The summed E-state index contributed by atoms with van der Waals surface area (Å²) in [6, 6.07) is 0. The van der Waals surface area contributed by atoms with Crippen LogP contribution in [0.15, 0.2) is 12.7 Å². The summed E-state index contributed by atoms with van der Waals surface area (Å²) >= 11 is 0. The van der Waals surface area contributed by atoms with Crippen molar-refractivity contribution in [2.45, 2.75) is 47.0 Å². The first-order valence-electron chi connectivity index (χ1n) is 5.66. The first-order valence-corrected chi connectivity index (χ1v) is 5.66. The van der Waals surface area contributed by atoms with Crippen molar-refractivity contribution in [2.75, 3.05) is 0 Å². The van der Waals surface area contributed by atoms with Crippen LogP contribution in [0.1, 0.15) is 47.0 Å². The summed E-state index contributed by atoms with van der Waals surface area (Å²) < 4.78 is 0. The van der Waals surface area contributed by atoms with Gasteiger partial charge < -0.3 is 0 Å². The molecule has 82 valence electrons. The van der Waals surface area contributed by atoms with Gasteiger partial charge >= 0.3 is 0 Å². The summed E-state index contributed by atoms with van der Waals surface area (Å²) in [5, 5.41) is 0. The number of hydrogen-bond donors (Lipinski definition) is 0. The number of ketones is 1. The van der Waals surface area contributed by atoms with Crippen LogP contribution in [0, 0.1) is 17.8 Å². The van der Waals surface area contributed by atoms with E-state index in [1.807, 2.05) is 19.9 Å². The van der Waals surface area contributed by atoms with Gasteiger partial charge in [-0.05, 0) is 24.7 Å². The van der Waals surface area contributed by atoms with E-state index in [1.54, 1.807) is 0 Å². The van der Waals surface area contributed by atoms with Gasteiger partial charge in [-0.3, -0.25) is 4.79 Å². The molecule has 1 heteroatoms. The molecule has 0 aliphatic carbocycles. The van der Waals surface area contributed by atoms with Crippen molar-refractivity contribution in [3.8, 4) is 0 Å². The molecule has 0 aromatic rings. The van der Waals surface area contributed by atoms with Crippen molar-refractivity contribution in [3.63, 3.8) is 0 Å². The maximum Gasteiger partial charge on any atom is 0.135 e. The lowest BCUT2D eigenvalue weighted by atomic mass is 9.87. The van der Waals surface area contributed by atoms with Gasteiger partial charge in [-0.2, -0.15) is 0 Å². The van der Waals surface area contributed by atoms with E-state index in [1.165, 1.54) is 0 Å². The van der Waals surface area contributed by atoms with Gasteiger partial charge in [-0.1, -0.05) is 33.8 Å². The third kappa shape index (κ3) is 5.21. The smallest absolute Gasteiger partial charge is 0.135 e. The fraction of sp³-hybridized carbons (Fsp3) is 0.769. The third-order valence-electron chi connectivity index (χ3n) is 2.83. The van der Waals surface area contributed by atoms with Gasteiger partial charge in [0.2, 0.25) is 0 Å². The maximum absolute atomic E-state index is 11.4. The predicted octanol–water partition coefficient (Wildman–Crippen LogP) is 3.84. The minimum Gasteiger partial charge on any atom is -0.299 e. The van der Waals surface area contributed by atoms with Crippen molar-refractivity contribution >= 4 is 5.78 Å². The Balaban J connectivity index is 3.87. The highest BCUT2D eigenvalue weighted by atomic mass is 16.1. The Morgan fingerprint density at radius 2 is 1.86 bits per heavy atom. The van der Waals surface area contributed by atoms with E-state index >= 15 is 0 Å². The van der Waals surface area contributed by atoms with Crippen molar-refractivity contribution in [1.82, 2.24) is 0 Å². The van der Waals surface area contributed by atoms with Crippen LogP contribution in [0.3, 0.4) is 0 Å². The van der Waals surface area contributed by atoms with Gasteiger partial charge in [-0.15, -0.1) is 6.58 Å². The van der Waals surface area contributed by atoms with Crippen LogP contribution in [0.5, 0.6) is 0 Å². The summed E-state index contributed by atoms with van der Waals surface area (Å²) in [5.41, 5.74) is 0. The second-order valence-electron chi connectivity index (χ2n) is 4.51. The van der Waals surface area contributed by atoms with Crippen LogP contribution in [-0.4, -0.2) is 5.78 Å². The molecule has 0 aromatic carbocycles. The summed E-state index contributed by atoms with van der Waals surface area (Å²) in [7, 11) is 0. The number of carbonyl (C=O) groups is 1. The van der Waals surface area contributed by atoms with Gasteiger partial charge in [0.1, 0.15) is 5.78 Å². The Labute approximate surface area is 88.6 Å². The van der Waals surface area contributed by atoms with Gasteiger partial charge in [0.25, 0.3) is 0 Å². The average Bonchev–Trinajstić information content (AvgIpc) is 2.15. The van der Waals surface area contributed by atoms with E-state index in [4.69, 9.17) is 0 Å². The number of hydrogen-bond acceptors (Lipinski definition) is 1. The summed E-state index contributed by atoms with van der Waals surface area (Å²) in [4.78, 5) is 11.4. The van der Waals surface area contributed by atoms with Crippen molar-refractivity contribution in [3.05, 3.63) is 12.7 Å². The molecule has 0 saturated carbocycles. The Hall–Kier alpha value is -0.590. The normalized spacial score (nSPS) is 17.1. The summed E-state index contributed by atoms with van der Waals surface area (Å²) in [5.74, 6) is 1.80. The zero-order valence-corrected chi connectivity index (χ0v) is 10.0.